The van der Waals surface area contributed by atoms with Gasteiger partial charge in [-0.2, -0.15) is 0 Å². The average molecular weight is 714 g/mol. The number of anilines is 1. The van der Waals surface area contributed by atoms with Crippen LogP contribution in [0.25, 0.3) is 0 Å². The van der Waals surface area contributed by atoms with Gasteiger partial charge in [0, 0.05) is 28.2 Å². The smallest absolute Gasteiger partial charge is 0.264 e. The minimum absolute atomic E-state index is 0.0456. The Morgan fingerprint density at radius 1 is 1.00 bits per heavy atom. The first kappa shape index (κ1) is 34.7. The number of aryl methyl sites for hydroxylation is 1. The quantitative estimate of drug-likeness (QED) is 0.206. The summed E-state index contributed by atoms with van der Waals surface area (Å²) >= 11 is 16.3. The first-order valence-corrected chi connectivity index (χ1v) is 16.8. The fraction of sp³-hybridized carbons (Fsp3) is 0.355. The van der Waals surface area contributed by atoms with Crippen LogP contribution >= 0.6 is 39.1 Å². The highest BCUT2D eigenvalue weighted by atomic mass is 79.9. The number of hydrogen-bond acceptors (Lipinski definition) is 5. The summed E-state index contributed by atoms with van der Waals surface area (Å²) in [5.74, 6) is -0.492. The molecule has 1 N–H and O–H groups in total. The number of hydrogen-bond donors (Lipinski definition) is 1. The van der Waals surface area contributed by atoms with E-state index in [1.165, 1.54) is 30.2 Å². The van der Waals surface area contributed by atoms with Crippen LogP contribution in [0.15, 0.2) is 70.0 Å². The van der Waals surface area contributed by atoms with E-state index in [9.17, 15) is 18.0 Å². The average Bonchev–Trinajstić information content (AvgIpc) is 2.97. The number of halogens is 3. The zero-order valence-electron chi connectivity index (χ0n) is 24.7. The fourth-order valence-electron chi connectivity index (χ4n) is 4.39. The van der Waals surface area contributed by atoms with Gasteiger partial charge < -0.3 is 15.0 Å². The van der Waals surface area contributed by atoms with Gasteiger partial charge in [-0.15, -0.1) is 0 Å². The number of carbonyl (C=O) groups excluding carboxylic acids is 2. The number of sulfonamides is 1. The Balaban J connectivity index is 2.12. The topological polar surface area (TPSA) is 96.0 Å². The van der Waals surface area contributed by atoms with Crippen LogP contribution in [0, 0.1) is 6.92 Å². The molecule has 0 aliphatic heterocycles. The van der Waals surface area contributed by atoms with Crippen LogP contribution in [0.3, 0.4) is 0 Å². The molecule has 0 spiro atoms. The van der Waals surface area contributed by atoms with Crippen molar-refractivity contribution in [2.45, 2.75) is 64.1 Å². The van der Waals surface area contributed by atoms with Gasteiger partial charge in [-0.25, -0.2) is 8.42 Å². The number of amides is 2. The minimum atomic E-state index is -4.26. The van der Waals surface area contributed by atoms with Gasteiger partial charge in [0.25, 0.3) is 10.0 Å². The number of nitrogens with one attached hydrogen (secondary N) is 1. The highest BCUT2D eigenvalue weighted by Crippen LogP contribution is 2.32. The summed E-state index contributed by atoms with van der Waals surface area (Å²) in [7, 11) is -2.78. The van der Waals surface area contributed by atoms with Crippen LogP contribution in [0.1, 0.15) is 44.7 Å². The monoisotopic (exact) mass is 711 g/mol. The van der Waals surface area contributed by atoms with Crippen LogP contribution in [0.4, 0.5) is 5.69 Å². The second-order valence-corrected chi connectivity index (χ2v) is 13.6. The van der Waals surface area contributed by atoms with Crippen molar-refractivity contribution in [3.63, 3.8) is 0 Å². The van der Waals surface area contributed by atoms with Crippen LogP contribution in [0.2, 0.25) is 10.0 Å². The molecule has 3 rings (SSSR count). The molecule has 2 atom stereocenters. The van der Waals surface area contributed by atoms with E-state index in [0.717, 1.165) is 9.87 Å². The molecule has 3 aromatic rings. The summed E-state index contributed by atoms with van der Waals surface area (Å²) in [5, 5.41) is 3.60. The lowest BCUT2D eigenvalue weighted by Gasteiger charge is -2.34. The molecule has 232 valence electrons. The molecule has 3 aromatic carbocycles. The fourth-order valence-corrected chi connectivity index (χ4v) is 7.04. The van der Waals surface area contributed by atoms with Crippen LogP contribution in [-0.4, -0.2) is 50.9 Å². The molecule has 0 radical (unpaired) electrons. The molecule has 0 fully saturated rings. The van der Waals surface area contributed by atoms with Gasteiger partial charge in [0.05, 0.1) is 22.2 Å². The van der Waals surface area contributed by atoms with Crippen molar-refractivity contribution in [2.75, 3.05) is 18.0 Å². The number of ether oxygens (including phenoxy) is 1. The van der Waals surface area contributed by atoms with Crippen LogP contribution in [0.5, 0.6) is 5.75 Å². The Morgan fingerprint density at radius 2 is 1.63 bits per heavy atom. The minimum Gasteiger partial charge on any atom is -0.496 e. The van der Waals surface area contributed by atoms with Gasteiger partial charge in [-0.3, -0.25) is 13.9 Å². The van der Waals surface area contributed by atoms with Gasteiger partial charge in [0.1, 0.15) is 18.3 Å². The molecule has 2 amide bonds. The second kappa shape index (κ2) is 15.3. The zero-order valence-corrected chi connectivity index (χ0v) is 28.6. The van der Waals surface area contributed by atoms with Crippen molar-refractivity contribution in [3.8, 4) is 5.75 Å². The van der Waals surface area contributed by atoms with Gasteiger partial charge >= 0.3 is 0 Å². The molecule has 12 heteroatoms. The van der Waals surface area contributed by atoms with Gasteiger partial charge in [0.2, 0.25) is 11.8 Å². The maximum Gasteiger partial charge on any atom is 0.264 e. The molecule has 0 saturated carbocycles. The lowest BCUT2D eigenvalue weighted by atomic mass is 10.1. The molecule has 0 heterocycles. The molecule has 43 heavy (non-hydrogen) atoms. The number of rotatable bonds is 13. The van der Waals surface area contributed by atoms with Crippen molar-refractivity contribution in [1.82, 2.24) is 10.2 Å². The summed E-state index contributed by atoms with van der Waals surface area (Å²) in [5.41, 5.74) is 1.67. The van der Waals surface area contributed by atoms with Crippen molar-refractivity contribution in [2.24, 2.45) is 0 Å². The van der Waals surface area contributed by atoms with E-state index in [2.05, 4.69) is 21.2 Å². The highest BCUT2D eigenvalue weighted by molar-refractivity contribution is 9.10. The predicted molar refractivity (Wildman–Crippen MR) is 175 cm³/mol. The molecule has 0 aliphatic carbocycles. The van der Waals surface area contributed by atoms with E-state index in [1.807, 2.05) is 20.8 Å². The van der Waals surface area contributed by atoms with E-state index in [0.29, 0.717) is 37.9 Å². The van der Waals surface area contributed by atoms with E-state index in [-0.39, 0.29) is 29.8 Å². The van der Waals surface area contributed by atoms with Gasteiger partial charge in [-0.1, -0.05) is 60.8 Å². The Kier molecular flexibility index (Phi) is 12.3. The first-order valence-electron chi connectivity index (χ1n) is 13.8. The maximum absolute atomic E-state index is 14.3. The van der Waals surface area contributed by atoms with E-state index in [1.54, 1.807) is 49.4 Å². The lowest BCUT2D eigenvalue weighted by molar-refractivity contribution is -0.140. The number of benzene rings is 3. The third kappa shape index (κ3) is 8.44. The summed E-state index contributed by atoms with van der Waals surface area (Å²) in [6.07, 6.45) is 0.974. The standard InChI is InChI=1S/C31H36BrCl2N3O5S/c1-6-21(4)35-31(39)28(7-2)36(18-24-26(33)9-8-10-27(24)34)30(38)19-37(22-13-11-20(3)12-14-22)43(40,41)23-15-16-29(42-5)25(32)17-23/h8-17,21,28H,6-7,18-19H2,1-5H3,(H,35,39)/t21-,28+/m0/s1. The van der Waals surface area contributed by atoms with Crippen LogP contribution < -0.4 is 14.4 Å². The number of nitrogens with zero attached hydrogens (tertiary/aromatic N) is 2. The first-order chi connectivity index (χ1) is 20.3. The summed E-state index contributed by atoms with van der Waals surface area (Å²) in [6.45, 7) is 6.81. The summed E-state index contributed by atoms with van der Waals surface area (Å²) in [4.78, 5) is 29.0. The summed E-state index contributed by atoms with van der Waals surface area (Å²) < 4.78 is 35.0. The Labute approximate surface area is 272 Å². The van der Waals surface area contributed by atoms with Crippen molar-refractivity contribution in [3.05, 3.63) is 86.3 Å². The van der Waals surface area contributed by atoms with Gasteiger partial charge in [-0.05, 0) is 85.1 Å². The lowest BCUT2D eigenvalue weighted by Crippen LogP contribution is -2.53. The van der Waals surface area contributed by atoms with Crippen molar-refractivity contribution in [1.29, 1.82) is 0 Å². The molecule has 0 aromatic heterocycles. The Bertz CT molecular complexity index is 1530. The molecule has 8 nitrogen and oxygen atoms in total. The summed E-state index contributed by atoms with van der Waals surface area (Å²) in [6, 6.07) is 15.1. The maximum atomic E-state index is 14.3. The zero-order chi connectivity index (χ0) is 31.9. The normalized spacial score (nSPS) is 12.7. The number of methoxy groups -OCH3 is 1. The predicted octanol–water partition coefficient (Wildman–Crippen LogP) is 6.99. The Morgan fingerprint density at radius 3 is 2.16 bits per heavy atom. The van der Waals surface area contributed by atoms with E-state index < -0.39 is 28.5 Å². The third-order valence-electron chi connectivity index (χ3n) is 7.09. The molecule has 0 saturated heterocycles. The second-order valence-electron chi connectivity index (χ2n) is 10.1. The van der Waals surface area contributed by atoms with Crippen LogP contribution in [-0.2, 0) is 26.2 Å². The van der Waals surface area contributed by atoms with Crippen molar-refractivity contribution < 1.29 is 22.7 Å². The largest absolute Gasteiger partial charge is 0.496 e. The molecular weight excluding hydrogens is 677 g/mol. The van der Waals surface area contributed by atoms with Gasteiger partial charge in [0.15, 0.2) is 0 Å². The number of carbonyl (C=O) groups is 2. The Hall–Kier alpha value is -2.79. The third-order valence-corrected chi connectivity index (χ3v) is 10.2. The SMILES string of the molecule is CC[C@H](C(=O)N[C@@H](C)CC)N(Cc1c(Cl)cccc1Cl)C(=O)CN(c1ccc(C)cc1)S(=O)(=O)c1ccc(OC)c(Br)c1. The van der Waals surface area contributed by atoms with Crippen molar-refractivity contribution >= 4 is 66.7 Å². The molecule has 0 aliphatic rings. The molecule has 0 unspecified atom stereocenters. The van der Waals surface area contributed by atoms with E-state index in [4.69, 9.17) is 27.9 Å². The molecular formula is C31H36BrCl2N3O5S. The van der Waals surface area contributed by atoms with E-state index >= 15 is 0 Å². The molecule has 0 bridgehead atoms. The highest BCUT2D eigenvalue weighted by Gasteiger charge is 2.34.